The van der Waals surface area contributed by atoms with Crippen LogP contribution in [0.5, 0.6) is 0 Å². The molecule has 3 heteroatoms. The van der Waals surface area contributed by atoms with E-state index < -0.39 is 0 Å². The zero-order valence-electron chi connectivity index (χ0n) is 9.52. The molecule has 1 unspecified atom stereocenters. The number of nitrogen functional groups attached to an aromatic ring is 1. The Labute approximate surface area is 96.5 Å². The quantitative estimate of drug-likeness (QED) is 0.611. The Balaban J connectivity index is 1.64. The second-order valence-corrected chi connectivity index (χ2v) is 4.20. The highest BCUT2D eigenvalue weighted by molar-refractivity contribution is 5.40. The number of aryl methyl sites for hydroxylation is 1. The zero-order valence-corrected chi connectivity index (χ0v) is 9.52. The summed E-state index contributed by atoms with van der Waals surface area (Å²) in [7, 11) is 0. The van der Waals surface area contributed by atoms with Gasteiger partial charge in [0.15, 0.2) is 0 Å². The molecular formula is C13H19NO2. The lowest BCUT2D eigenvalue weighted by molar-refractivity contribution is 0.0416. The summed E-state index contributed by atoms with van der Waals surface area (Å²) in [4.78, 5) is 0. The molecule has 0 aliphatic carbocycles. The third kappa shape index (κ3) is 3.51. The van der Waals surface area contributed by atoms with Crippen LogP contribution in [-0.2, 0) is 15.9 Å². The summed E-state index contributed by atoms with van der Waals surface area (Å²) in [6.07, 6.45) is 3.43. The van der Waals surface area contributed by atoms with Crippen LogP contribution in [0.1, 0.15) is 18.4 Å². The Morgan fingerprint density at radius 3 is 3.12 bits per heavy atom. The third-order valence-corrected chi connectivity index (χ3v) is 2.80. The molecule has 0 spiro atoms. The first kappa shape index (κ1) is 11.4. The zero-order chi connectivity index (χ0) is 11.2. The van der Waals surface area contributed by atoms with Crippen LogP contribution < -0.4 is 5.73 Å². The number of benzene rings is 1. The lowest BCUT2D eigenvalue weighted by Gasteiger charge is -2.09. The summed E-state index contributed by atoms with van der Waals surface area (Å²) in [5, 5.41) is 0. The first-order valence-electron chi connectivity index (χ1n) is 5.88. The van der Waals surface area contributed by atoms with Crippen molar-refractivity contribution in [1.29, 1.82) is 0 Å². The van der Waals surface area contributed by atoms with Crippen molar-refractivity contribution in [2.45, 2.75) is 25.4 Å². The van der Waals surface area contributed by atoms with Crippen LogP contribution in [0.15, 0.2) is 24.3 Å². The molecule has 1 fully saturated rings. The predicted molar refractivity (Wildman–Crippen MR) is 64.4 cm³/mol. The highest BCUT2D eigenvalue weighted by atomic mass is 16.5. The Morgan fingerprint density at radius 2 is 2.38 bits per heavy atom. The number of ether oxygens (including phenoxy) is 2. The van der Waals surface area contributed by atoms with Gasteiger partial charge in [-0.2, -0.15) is 0 Å². The van der Waals surface area contributed by atoms with Crippen LogP contribution in [0.3, 0.4) is 0 Å². The van der Waals surface area contributed by atoms with Gasteiger partial charge in [-0.25, -0.2) is 0 Å². The van der Waals surface area contributed by atoms with Crippen LogP contribution in [0.2, 0.25) is 0 Å². The van der Waals surface area contributed by atoms with Gasteiger partial charge in [0.05, 0.1) is 12.7 Å². The molecular weight excluding hydrogens is 202 g/mol. The van der Waals surface area contributed by atoms with Gasteiger partial charge in [-0.1, -0.05) is 12.1 Å². The van der Waals surface area contributed by atoms with Gasteiger partial charge in [-0.05, 0) is 37.0 Å². The molecule has 1 aliphatic heterocycles. The van der Waals surface area contributed by atoms with Gasteiger partial charge in [-0.3, -0.25) is 0 Å². The van der Waals surface area contributed by atoms with Crippen LogP contribution in [-0.4, -0.2) is 25.9 Å². The summed E-state index contributed by atoms with van der Waals surface area (Å²) in [6.45, 7) is 2.42. The number of nitrogens with two attached hydrogens (primary N) is 1. The number of rotatable bonds is 5. The molecule has 1 aromatic carbocycles. The first-order valence-corrected chi connectivity index (χ1v) is 5.88. The topological polar surface area (TPSA) is 44.5 Å². The smallest absolute Gasteiger partial charge is 0.0830 e. The fraction of sp³-hybridized carbons (Fsp3) is 0.538. The normalized spacial score (nSPS) is 20.1. The van der Waals surface area contributed by atoms with Crippen LogP contribution in [0.4, 0.5) is 5.69 Å². The van der Waals surface area contributed by atoms with Crippen molar-refractivity contribution >= 4 is 5.69 Å². The van der Waals surface area contributed by atoms with E-state index in [2.05, 4.69) is 6.07 Å². The molecule has 0 amide bonds. The molecule has 0 saturated carbocycles. The molecule has 0 radical (unpaired) electrons. The third-order valence-electron chi connectivity index (χ3n) is 2.80. The van der Waals surface area contributed by atoms with Crippen LogP contribution in [0.25, 0.3) is 0 Å². The summed E-state index contributed by atoms with van der Waals surface area (Å²) in [5.74, 6) is 0. The van der Waals surface area contributed by atoms with E-state index >= 15 is 0 Å². The monoisotopic (exact) mass is 221 g/mol. The van der Waals surface area contributed by atoms with E-state index in [0.717, 1.165) is 44.8 Å². The minimum atomic E-state index is 0.320. The highest BCUT2D eigenvalue weighted by Crippen LogP contribution is 2.11. The van der Waals surface area contributed by atoms with E-state index in [1.807, 2.05) is 18.2 Å². The molecule has 0 bridgehead atoms. The average Bonchev–Trinajstić information content (AvgIpc) is 2.77. The van der Waals surface area contributed by atoms with Crippen LogP contribution >= 0.6 is 0 Å². The maximum atomic E-state index is 5.71. The van der Waals surface area contributed by atoms with Crippen molar-refractivity contribution in [2.75, 3.05) is 25.6 Å². The number of hydrogen-bond donors (Lipinski definition) is 1. The molecule has 1 atom stereocenters. The largest absolute Gasteiger partial charge is 0.399 e. The standard InChI is InChI=1S/C13H19NO2/c14-12-5-1-3-11(9-12)4-2-7-16-13-6-8-15-10-13/h1,3,5,9,13H,2,4,6-8,10,14H2. The Hall–Kier alpha value is -1.06. The van der Waals surface area contributed by atoms with Crippen molar-refractivity contribution in [3.8, 4) is 0 Å². The van der Waals surface area contributed by atoms with Gasteiger partial charge in [-0.15, -0.1) is 0 Å². The summed E-state index contributed by atoms with van der Waals surface area (Å²) in [5.41, 5.74) is 7.83. The Kier molecular flexibility index (Phi) is 4.19. The lowest BCUT2D eigenvalue weighted by atomic mass is 10.1. The van der Waals surface area contributed by atoms with Gasteiger partial charge in [0, 0.05) is 18.9 Å². The van der Waals surface area contributed by atoms with E-state index in [1.54, 1.807) is 0 Å². The van der Waals surface area contributed by atoms with E-state index in [9.17, 15) is 0 Å². The maximum Gasteiger partial charge on any atom is 0.0830 e. The SMILES string of the molecule is Nc1cccc(CCCOC2CCOC2)c1. The second-order valence-electron chi connectivity index (χ2n) is 4.20. The molecule has 0 aromatic heterocycles. The summed E-state index contributed by atoms with van der Waals surface area (Å²) < 4.78 is 10.9. The van der Waals surface area contributed by atoms with Gasteiger partial charge in [0.1, 0.15) is 0 Å². The lowest BCUT2D eigenvalue weighted by Crippen LogP contribution is -2.13. The maximum absolute atomic E-state index is 5.71. The molecule has 2 rings (SSSR count). The molecule has 3 nitrogen and oxygen atoms in total. The molecule has 1 saturated heterocycles. The van der Waals surface area contributed by atoms with E-state index in [1.165, 1.54) is 5.56 Å². The molecule has 1 aromatic rings. The Bertz CT molecular complexity index is 321. The molecule has 1 heterocycles. The fourth-order valence-corrected chi connectivity index (χ4v) is 1.92. The summed E-state index contributed by atoms with van der Waals surface area (Å²) in [6, 6.07) is 8.04. The first-order chi connectivity index (χ1) is 7.84. The Morgan fingerprint density at radius 1 is 1.44 bits per heavy atom. The highest BCUT2D eigenvalue weighted by Gasteiger charge is 2.15. The predicted octanol–water partition coefficient (Wildman–Crippen LogP) is 2.01. The van der Waals surface area contributed by atoms with Gasteiger partial charge >= 0.3 is 0 Å². The fourth-order valence-electron chi connectivity index (χ4n) is 1.92. The van der Waals surface area contributed by atoms with E-state index in [-0.39, 0.29) is 0 Å². The van der Waals surface area contributed by atoms with Gasteiger partial charge in [0.25, 0.3) is 0 Å². The van der Waals surface area contributed by atoms with Gasteiger partial charge < -0.3 is 15.2 Å². The van der Waals surface area contributed by atoms with Gasteiger partial charge in [0.2, 0.25) is 0 Å². The number of anilines is 1. The average molecular weight is 221 g/mol. The summed E-state index contributed by atoms with van der Waals surface area (Å²) >= 11 is 0. The van der Waals surface area contributed by atoms with Crippen molar-refractivity contribution in [3.63, 3.8) is 0 Å². The van der Waals surface area contributed by atoms with E-state index in [4.69, 9.17) is 15.2 Å². The van der Waals surface area contributed by atoms with E-state index in [0.29, 0.717) is 6.10 Å². The van der Waals surface area contributed by atoms with Crippen LogP contribution in [0, 0.1) is 0 Å². The molecule has 88 valence electrons. The molecule has 1 aliphatic rings. The van der Waals surface area contributed by atoms with Crippen molar-refractivity contribution < 1.29 is 9.47 Å². The van der Waals surface area contributed by atoms with Crippen molar-refractivity contribution in [3.05, 3.63) is 29.8 Å². The van der Waals surface area contributed by atoms with Crippen molar-refractivity contribution in [2.24, 2.45) is 0 Å². The minimum absolute atomic E-state index is 0.320. The molecule has 2 N–H and O–H groups in total. The minimum Gasteiger partial charge on any atom is -0.399 e. The molecule has 16 heavy (non-hydrogen) atoms. The second kappa shape index (κ2) is 5.87. The van der Waals surface area contributed by atoms with Crippen molar-refractivity contribution in [1.82, 2.24) is 0 Å². The number of hydrogen-bond acceptors (Lipinski definition) is 3.